The van der Waals surface area contributed by atoms with Crippen LogP contribution in [0.3, 0.4) is 0 Å². The van der Waals surface area contributed by atoms with E-state index in [-0.39, 0.29) is 40.6 Å². The molecule has 0 saturated carbocycles. The maximum absolute atomic E-state index is 8.53. The van der Waals surface area contributed by atoms with E-state index in [1.807, 2.05) is 0 Å². The molecule has 0 aliphatic heterocycles. The number of hydrogen-bond acceptors (Lipinski definition) is 1. The van der Waals surface area contributed by atoms with Crippen LogP contribution in [0, 0.1) is 5.92 Å². The standard InChI is InChI=1S/C6H14O.Ca.2H/c1-3-6(4-2)5-7;;;/h6-7H,3-5H2,1-2H3;;;/q;+2;2*-1. The van der Waals surface area contributed by atoms with Gasteiger partial charge in [-0.05, 0) is 5.92 Å². The van der Waals surface area contributed by atoms with Crippen molar-refractivity contribution in [2.24, 2.45) is 5.92 Å². The van der Waals surface area contributed by atoms with Gasteiger partial charge in [0.15, 0.2) is 0 Å². The van der Waals surface area contributed by atoms with E-state index >= 15 is 0 Å². The van der Waals surface area contributed by atoms with Crippen LogP contribution in [0.5, 0.6) is 0 Å². The summed E-state index contributed by atoms with van der Waals surface area (Å²) in [5.74, 6) is 0.542. The quantitative estimate of drug-likeness (QED) is 0.591. The van der Waals surface area contributed by atoms with Crippen LogP contribution in [0.25, 0.3) is 0 Å². The van der Waals surface area contributed by atoms with Crippen LogP contribution in [-0.2, 0) is 0 Å². The van der Waals surface area contributed by atoms with Gasteiger partial charge in [-0.25, -0.2) is 0 Å². The summed E-state index contributed by atoms with van der Waals surface area (Å²) in [6.07, 6.45) is 2.21. The molecule has 0 aliphatic rings. The summed E-state index contributed by atoms with van der Waals surface area (Å²) in [6.45, 7) is 4.56. The van der Waals surface area contributed by atoms with E-state index < -0.39 is 0 Å². The van der Waals surface area contributed by atoms with Gasteiger partial charge in [0.05, 0.1) is 0 Å². The summed E-state index contributed by atoms with van der Waals surface area (Å²) in [4.78, 5) is 0. The fourth-order valence-corrected chi connectivity index (χ4v) is 0.547. The summed E-state index contributed by atoms with van der Waals surface area (Å²) in [5.41, 5.74) is 0. The molecule has 0 aromatic rings. The molecule has 0 rings (SSSR count). The van der Waals surface area contributed by atoms with Crippen LogP contribution in [0.1, 0.15) is 29.5 Å². The van der Waals surface area contributed by atoms with Gasteiger partial charge in [-0.1, -0.05) is 26.7 Å². The zero-order valence-electron chi connectivity index (χ0n) is 7.85. The molecule has 0 fully saturated rings. The molecule has 0 bridgehead atoms. The first-order chi connectivity index (χ1) is 3.35. The average Bonchev–Trinajstić information content (AvgIpc) is 1.72. The third-order valence-electron chi connectivity index (χ3n) is 1.41. The molecule has 2 heteroatoms. The van der Waals surface area contributed by atoms with E-state index in [4.69, 9.17) is 5.11 Å². The Labute approximate surface area is 84.4 Å². The molecule has 0 amide bonds. The second-order valence-electron chi connectivity index (χ2n) is 1.87. The summed E-state index contributed by atoms with van der Waals surface area (Å²) >= 11 is 0. The number of aliphatic hydroxyl groups is 1. The van der Waals surface area contributed by atoms with E-state index in [9.17, 15) is 0 Å². The Bertz CT molecular complexity index is 37.2. The maximum atomic E-state index is 8.53. The summed E-state index contributed by atoms with van der Waals surface area (Å²) < 4.78 is 0. The first kappa shape index (κ1) is 12.0. The Balaban J connectivity index is -0.0000000600. The van der Waals surface area contributed by atoms with E-state index in [1.165, 1.54) is 0 Å². The number of hydrogen-bond donors (Lipinski definition) is 1. The molecule has 0 saturated heterocycles. The first-order valence-electron chi connectivity index (χ1n) is 2.96. The fourth-order valence-electron chi connectivity index (χ4n) is 0.547. The van der Waals surface area contributed by atoms with E-state index in [2.05, 4.69) is 13.8 Å². The molecule has 48 valence electrons. The third-order valence-corrected chi connectivity index (χ3v) is 1.41. The van der Waals surface area contributed by atoms with Crippen LogP contribution in [-0.4, -0.2) is 49.5 Å². The Morgan fingerprint density at radius 2 is 1.75 bits per heavy atom. The van der Waals surface area contributed by atoms with Crippen molar-refractivity contribution in [3.63, 3.8) is 0 Å². The van der Waals surface area contributed by atoms with Crippen molar-refractivity contribution in [3.05, 3.63) is 0 Å². The molecule has 0 heterocycles. The molecular formula is C6H16CaO. The Kier molecular flexibility index (Phi) is 12.3. The molecule has 0 radical (unpaired) electrons. The zero-order chi connectivity index (χ0) is 5.70. The molecule has 0 spiro atoms. The van der Waals surface area contributed by atoms with Crippen LogP contribution in [0.4, 0.5) is 0 Å². The van der Waals surface area contributed by atoms with Gasteiger partial charge in [0.25, 0.3) is 0 Å². The second-order valence-corrected chi connectivity index (χ2v) is 1.87. The van der Waals surface area contributed by atoms with Crippen LogP contribution < -0.4 is 0 Å². The molecule has 0 atom stereocenters. The fraction of sp³-hybridized carbons (Fsp3) is 1.00. The average molecular weight is 144 g/mol. The van der Waals surface area contributed by atoms with E-state index in [0.29, 0.717) is 12.5 Å². The largest absolute Gasteiger partial charge is 2.00 e. The van der Waals surface area contributed by atoms with Crippen molar-refractivity contribution in [2.75, 3.05) is 6.61 Å². The van der Waals surface area contributed by atoms with Gasteiger partial charge in [-0.15, -0.1) is 0 Å². The molecule has 0 unspecified atom stereocenters. The predicted octanol–water partition coefficient (Wildman–Crippen LogP) is 1.26. The molecular weight excluding hydrogens is 128 g/mol. The van der Waals surface area contributed by atoms with Gasteiger partial charge in [0, 0.05) is 6.61 Å². The van der Waals surface area contributed by atoms with Crippen LogP contribution >= 0.6 is 0 Å². The van der Waals surface area contributed by atoms with Gasteiger partial charge >= 0.3 is 37.7 Å². The predicted molar refractivity (Wildman–Crippen MR) is 39.1 cm³/mol. The minimum Gasteiger partial charge on any atom is -1.00 e. The van der Waals surface area contributed by atoms with Crippen molar-refractivity contribution in [1.29, 1.82) is 0 Å². The normalized spacial score (nSPS) is 9.00. The second kappa shape index (κ2) is 8.22. The van der Waals surface area contributed by atoms with Gasteiger partial charge in [0.2, 0.25) is 0 Å². The van der Waals surface area contributed by atoms with Crippen molar-refractivity contribution in [1.82, 2.24) is 0 Å². The molecule has 1 nitrogen and oxygen atoms in total. The van der Waals surface area contributed by atoms with Gasteiger partial charge in [0.1, 0.15) is 0 Å². The third kappa shape index (κ3) is 5.36. The van der Waals surface area contributed by atoms with Crippen molar-refractivity contribution >= 4 is 37.7 Å². The zero-order valence-corrected chi connectivity index (χ0v) is 8.06. The number of rotatable bonds is 3. The minimum atomic E-state index is 0. The minimum absolute atomic E-state index is 0. The Hall–Kier alpha value is 1.22. The molecule has 1 N–H and O–H groups in total. The topological polar surface area (TPSA) is 20.2 Å². The summed E-state index contributed by atoms with van der Waals surface area (Å²) in [7, 11) is 0. The van der Waals surface area contributed by atoms with Gasteiger partial charge < -0.3 is 7.96 Å². The first-order valence-corrected chi connectivity index (χ1v) is 2.96. The SMILES string of the molecule is CCC(CC)CO.[Ca+2].[H-].[H-]. The van der Waals surface area contributed by atoms with Crippen LogP contribution in [0.2, 0.25) is 0 Å². The summed E-state index contributed by atoms with van der Waals surface area (Å²) in [6, 6.07) is 0. The smallest absolute Gasteiger partial charge is 1.00 e. The van der Waals surface area contributed by atoms with Crippen molar-refractivity contribution in [2.45, 2.75) is 26.7 Å². The Morgan fingerprint density at radius 1 is 1.38 bits per heavy atom. The van der Waals surface area contributed by atoms with Crippen LogP contribution in [0.15, 0.2) is 0 Å². The molecule has 0 aliphatic carbocycles. The van der Waals surface area contributed by atoms with E-state index in [1.54, 1.807) is 0 Å². The maximum Gasteiger partial charge on any atom is 2.00 e. The van der Waals surface area contributed by atoms with Crippen molar-refractivity contribution < 1.29 is 7.96 Å². The summed E-state index contributed by atoms with van der Waals surface area (Å²) in [5, 5.41) is 8.53. The number of aliphatic hydroxyl groups excluding tert-OH is 1. The van der Waals surface area contributed by atoms with Crippen molar-refractivity contribution in [3.8, 4) is 0 Å². The molecule has 0 aromatic heterocycles. The van der Waals surface area contributed by atoms with E-state index in [0.717, 1.165) is 12.8 Å². The monoisotopic (exact) mass is 144 g/mol. The van der Waals surface area contributed by atoms with Gasteiger partial charge in [-0.2, -0.15) is 0 Å². The molecule has 8 heavy (non-hydrogen) atoms. The Morgan fingerprint density at radius 3 is 1.75 bits per heavy atom. The molecule has 0 aromatic carbocycles. The van der Waals surface area contributed by atoms with Gasteiger partial charge in [-0.3, -0.25) is 0 Å².